The highest BCUT2D eigenvalue weighted by molar-refractivity contribution is 5.55. The average molecular weight is 187 g/mol. The van der Waals surface area contributed by atoms with Crippen LogP contribution < -0.4 is 5.32 Å². The Balaban J connectivity index is 2.23. The van der Waals surface area contributed by atoms with Gasteiger partial charge in [0.1, 0.15) is 11.6 Å². The Labute approximate surface area is 83.4 Å². The molecule has 0 amide bonds. The van der Waals surface area contributed by atoms with E-state index < -0.39 is 0 Å². The number of nitrogens with one attached hydrogen (secondary N) is 1. The number of para-hydroxylation sites is 1. The third-order valence-electron chi connectivity index (χ3n) is 2.27. The first kappa shape index (κ1) is 8.81. The Kier molecular flexibility index (Phi) is 2.23. The Morgan fingerprint density at radius 2 is 1.93 bits per heavy atom. The molecule has 0 aliphatic carbocycles. The van der Waals surface area contributed by atoms with Crippen LogP contribution in [0.2, 0.25) is 0 Å². The molecule has 0 saturated heterocycles. The van der Waals surface area contributed by atoms with Crippen LogP contribution in [0.3, 0.4) is 0 Å². The minimum atomic E-state index is 1.00. The predicted molar refractivity (Wildman–Crippen MR) is 57.7 cm³/mol. The van der Waals surface area contributed by atoms with Gasteiger partial charge in [-0.05, 0) is 19.1 Å². The van der Waals surface area contributed by atoms with Crippen molar-refractivity contribution in [1.29, 1.82) is 0 Å². The molecule has 0 radical (unpaired) electrons. The minimum absolute atomic E-state index is 1.00. The molecule has 14 heavy (non-hydrogen) atoms. The van der Waals surface area contributed by atoms with Crippen molar-refractivity contribution in [2.24, 2.45) is 7.05 Å². The molecule has 1 heterocycles. The van der Waals surface area contributed by atoms with Crippen molar-refractivity contribution < 1.29 is 0 Å². The van der Waals surface area contributed by atoms with E-state index in [0.29, 0.717) is 0 Å². The van der Waals surface area contributed by atoms with Gasteiger partial charge in [0, 0.05) is 12.7 Å². The van der Waals surface area contributed by atoms with Gasteiger partial charge in [0.2, 0.25) is 0 Å². The van der Waals surface area contributed by atoms with Crippen LogP contribution in [0.1, 0.15) is 5.82 Å². The number of hydrogen-bond donors (Lipinski definition) is 1. The number of imidazole rings is 1. The Bertz CT molecular complexity index is 417. The van der Waals surface area contributed by atoms with Crippen molar-refractivity contribution >= 4 is 11.5 Å². The van der Waals surface area contributed by atoms with Crippen LogP contribution in [0.4, 0.5) is 11.5 Å². The zero-order valence-corrected chi connectivity index (χ0v) is 8.36. The van der Waals surface area contributed by atoms with E-state index >= 15 is 0 Å². The summed E-state index contributed by atoms with van der Waals surface area (Å²) in [7, 11) is 1.99. The summed E-state index contributed by atoms with van der Waals surface area (Å²) in [6.07, 6.45) is 1.84. The van der Waals surface area contributed by atoms with Gasteiger partial charge in [0.15, 0.2) is 0 Å². The molecule has 0 spiro atoms. The molecule has 1 N–H and O–H groups in total. The summed E-state index contributed by atoms with van der Waals surface area (Å²) < 4.78 is 2.02. The summed E-state index contributed by atoms with van der Waals surface area (Å²) in [5.41, 5.74) is 1.08. The van der Waals surface area contributed by atoms with E-state index in [2.05, 4.69) is 10.3 Å². The lowest BCUT2D eigenvalue weighted by Gasteiger charge is -2.06. The summed E-state index contributed by atoms with van der Waals surface area (Å²) in [5.74, 6) is 2.01. The molecular formula is C11H13N3. The van der Waals surface area contributed by atoms with Gasteiger partial charge >= 0.3 is 0 Å². The molecule has 2 aromatic rings. The van der Waals surface area contributed by atoms with Crippen molar-refractivity contribution in [3.05, 3.63) is 42.4 Å². The summed E-state index contributed by atoms with van der Waals surface area (Å²) in [4.78, 5) is 4.21. The number of rotatable bonds is 2. The van der Waals surface area contributed by atoms with Gasteiger partial charge in [-0.1, -0.05) is 18.2 Å². The van der Waals surface area contributed by atoms with Crippen molar-refractivity contribution in [2.75, 3.05) is 5.32 Å². The third-order valence-corrected chi connectivity index (χ3v) is 2.27. The van der Waals surface area contributed by atoms with E-state index in [4.69, 9.17) is 0 Å². The maximum atomic E-state index is 4.21. The molecule has 0 aliphatic heterocycles. The van der Waals surface area contributed by atoms with Crippen LogP contribution in [0.25, 0.3) is 0 Å². The highest BCUT2D eigenvalue weighted by atomic mass is 15.2. The third kappa shape index (κ3) is 1.62. The maximum Gasteiger partial charge on any atom is 0.130 e. The van der Waals surface area contributed by atoms with E-state index in [1.807, 2.05) is 55.1 Å². The summed E-state index contributed by atoms with van der Waals surface area (Å²) in [5, 5.41) is 3.29. The van der Waals surface area contributed by atoms with Crippen LogP contribution in [0.5, 0.6) is 0 Å². The first-order valence-electron chi connectivity index (χ1n) is 4.58. The fraction of sp³-hybridized carbons (Fsp3) is 0.182. The van der Waals surface area contributed by atoms with Gasteiger partial charge in [0.25, 0.3) is 0 Å². The molecule has 72 valence electrons. The number of benzene rings is 1. The molecule has 3 nitrogen and oxygen atoms in total. The molecule has 0 saturated carbocycles. The van der Waals surface area contributed by atoms with Crippen molar-refractivity contribution in [2.45, 2.75) is 6.92 Å². The van der Waals surface area contributed by atoms with Gasteiger partial charge < -0.3 is 9.88 Å². The maximum absolute atomic E-state index is 4.21. The van der Waals surface area contributed by atoms with Crippen molar-refractivity contribution in [3.8, 4) is 0 Å². The van der Waals surface area contributed by atoms with Gasteiger partial charge in [0.05, 0.1) is 6.20 Å². The second-order valence-corrected chi connectivity index (χ2v) is 3.24. The minimum Gasteiger partial charge on any atom is -0.340 e. The molecule has 2 rings (SSSR count). The molecule has 0 atom stereocenters. The van der Waals surface area contributed by atoms with Gasteiger partial charge in [-0.15, -0.1) is 0 Å². The Morgan fingerprint density at radius 3 is 2.50 bits per heavy atom. The number of aromatic nitrogens is 2. The van der Waals surface area contributed by atoms with E-state index in [1.54, 1.807) is 0 Å². The SMILES string of the molecule is Cc1ncc(Nc2ccccc2)n1C. The second kappa shape index (κ2) is 3.54. The van der Waals surface area contributed by atoms with Crippen molar-refractivity contribution in [1.82, 2.24) is 9.55 Å². The normalized spacial score (nSPS) is 10.1. The van der Waals surface area contributed by atoms with Gasteiger partial charge in [-0.2, -0.15) is 0 Å². The molecule has 0 fully saturated rings. The van der Waals surface area contributed by atoms with Crippen molar-refractivity contribution in [3.63, 3.8) is 0 Å². The molecule has 0 aliphatic rings. The summed E-state index contributed by atoms with van der Waals surface area (Å²) in [6, 6.07) is 10.1. The van der Waals surface area contributed by atoms with Crippen LogP contribution in [0, 0.1) is 6.92 Å². The zero-order valence-electron chi connectivity index (χ0n) is 8.36. The fourth-order valence-electron chi connectivity index (χ4n) is 1.29. The van der Waals surface area contributed by atoms with E-state index in [9.17, 15) is 0 Å². The van der Waals surface area contributed by atoms with E-state index in [-0.39, 0.29) is 0 Å². The molecule has 1 aromatic carbocycles. The fourth-order valence-corrected chi connectivity index (χ4v) is 1.29. The monoisotopic (exact) mass is 187 g/mol. The highest BCUT2D eigenvalue weighted by Gasteiger charge is 2.01. The Morgan fingerprint density at radius 1 is 1.21 bits per heavy atom. The smallest absolute Gasteiger partial charge is 0.130 e. The average Bonchev–Trinajstić information content (AvgIpc) is 2.52. The molecule has 0 unspecified atom stereocenters. The first-order chi connectivity index (χ1) is 6.77. The topological polar surface area (TPSA) is 29.9 Å². The first-order valence-corrected chi connectivity index (χ1v) is 4.58. The summed E-state index contributed by atoms with van der Waals surface area (Å²) >= 11 is 0. The van der Waals surface area contributed by atoms with Gasteiger partial charge in [-0.3, -0.25) is 0 Å². The quantitative estimate of drug-likeness (QED) is 0.782. The van der Waals surface area contributed by atoms with Crippen LogP contribution >= 0.6 is 0 Å². The lowest BCUT2D eigenvalue weighted by Crippen LogP contribution is -1.98. The zero-order chi connectivity index (χ0) is 9.97. The highest BCUT2D eigenvalue weighted by Crippen LogP contribution is 2.15. The predicted octanol–water partition coefficient (Wildman–Crippen LogP) is 2.47. The number of hydrogen-bond acceptors (Lipinski definition) is 2. The van der Waals surface area contributed by atoms with Crippen LogP contribution in [-0.4, -0.2) is 9.55 Å². The second-order valence-electron chi connectivity index (χ2n) is 3.24. The van der Waals surface area contributed by atoms with Crippen LogP contribution in [-0.2, 0) is 7.05 Å². The largest absolute Gasteiger partial charge is 0.340 e. The number of nitrogens with zero attached hydrogens (tertiary/aromatic N) is 2. The van der Waals surface area contributed by atoms with E-state index in [1.165, 1.54) is 0 Å². The van der Waals surface area contributed by atoms with E-state index in [0.717, 1.165) is 17.3 Å². The molecule has 3 heteroatoms. The number of anilines is 2. The van der Waals surface area contributed by atoms with Gasteiger partial charge in [-0.25, -0.2) is 4.98 Å². The number of aryl methyl sites for hydroxylation is 1. The molecule has 0 bridgehead atoms. The van der Waals surface area contributed by atoms with Crippen LogP contribution in [0.15, 0.2) is 36.5 Å². The summed E-state index contributed by atoms with van der Waals surface area (Å²) in [6.45, 7) is 1.98. The lowest BCUT2D eigenvalue weighted by molar-refractivity contribution is 0.865. The standard InChI is InChI=1S/C11H13N3/c1-9-12-8-11(14(9)2)13-10-6-4-3-5-7-10/h3-8,13H,1-2H3. The lowest BCUT2D eigenvalue weighted by atomic mass is 10.3. The molecular weight excluding hydrogens is 174 g/mol. The Hall–Kier alpha value is -1.77. The molecule has 1 aromatic heterocycles.